The van der Waals surface area contributed by atoms with Crippen molar-refractivity contribution in [3.8, 4) is 11.1 Å². The van der Waals surface area contributed by atoms with Crippen molar-refractivity contribution in [2.75, 3.05) is 5.32 Å². The lowest BCUT2D eigenvalue weighted by Crippen LogP contribution is -2.11. The van der Waals surface area contributed by atoms with Gasteiger partial charge in [-0.15, -0.1) is 11.3 Å². The van der Waals surface area contributed by atoms with Crippen LogP contribution in [0.3, 0.4) is 0 Å². The Hall–Kier alpha value is -2.77. The Morgan fingerprint density at radius 1 is 1.13 bits per heavy atom. The quantitative estimate of drug-likeness (QED) is 0.319. The molecule has 2 heterocycles. The summed E-state index contributed by atoms with van der Waals surface area (Å²) in [6.45, 7) is 5.76. The average Bonchev–Trinajstić information content (AvgIpc) is 3.05. The topological polar surface area (TPSA) is 64.1 Å². The Balaban J connectivity index is 1.76. The molecule has 0 aliphatic heterocycles. The zero-order valence-electron chi connectivity index (χ0n) is 16.8. The first-order chi connectivity index (χ1) is 14.4. The number of anilines is 2. The van der Waals surface area contributed by atoms with E-state index >= 15 is 0 Å². The Morgan fingerprint density at radius 2 is 1.90 bits per heavy atom. The second-order valence-electron chi connectivity index (χ2n) is 7.10. The zero-order valence-corrected chi connectivity index (χ0v) is 19.2. The van der Waals surface area contributed by atoms with E-state index in [-0.39, 0.29) is 12.1 Å². The van der Waals surface area contributed by atoms with Crippen molar-refractivity contribution in [3.63, 3.8) is 0 Å². The maximum Gasteiger partial charge on any atom is 0.338 e. The minimum absolute atomic E-state index is 0.169. The van der Waals surface area contributed by atoms with Gasteiger partial charge in [0, 0.05) is 20.6 Å². The maximum absolute atomic E-state index is 12.3. The van der Waals surface area contributed by atoms with Gasteiger partial charge < -0.3 is 10.1 Å². The van der Waals surface area contributed by atoms with Crippen LogP contribution in [0.25, 0.3) is 21.3 Å². The van der Waals surface area contributed by atoms with Crippen molar-refractivity contribution in [1.29, 1.82) is 0 Å². The van der Waals surface area contributed by atoms with E-state index in [1.807, 2.05) is 38.1 Å². The van der Waals surface area contributed by atoms with Gasteiger partial charge in [-0.05, 0) is 56.7 Å². The first-order valence-corrected chi connectivity index (χ1v) is 11.1. The van der Waals surface area contributed by atoms with Crippen molar-refractivity contribution in [2.45, 2.75) is 26.9 Å². The van der Waals surface area contributed by atoms with Crippen LogP contribution in [0.1, 0.15) is 29.1 Å². The van der Waals surface area contributed by atoms with Crippen LogP contribution in [0.15, 0.2) is 59.3 Å². The molecule has 0 spiro atoms. The largest absolute Gasteiger partial charge is 0.459 e. The second-order valence-corrected chi connectivity index (χ2v) is 9.22. The van der Waals surface area contributed by atoms with E-state index in [4.69, 9.17) is 4.74 Å². The van der Waals surface area contributed by atoms with Crippen LogP contribution in [0.4, 0.5) is 11.5 Å². The van der Waals surface area contributed by atoms with Gasteiger partial charge in [-0.1, -0.05) is 34.1 Å². The molecule has 4 aromatic rings. The molecular weight excluding hydrogens is 462 g/mol. The number of halogens is 1. The van der Waals surface area contributed by atoms with Gasteiger partial charge in [0.1, 0.15) is 17.0 Å². The van der Waals surface area contributed by atoms with Crippen molar-refractivity contribution in [2.24, 2.45) is 0 Å². The van der Waals surface area contributed by atoms with Crippen LogP contribution >= 0.6 is 27.3 Å². The molecule has 0 aliphatic rings. The number of carbonyl (C=O) groups is 1. The summed E-state index contributed by atoms with van der Waals surface area (Å²) in [6, 6.07) is 15.5. The summed E-state index contributed by atoms with van der Waals surface area (Å²) in [6.07, 6.45) is 1.39. The minimum atomic E-state index is -0.344. The van der Waals surface area contributed by atoms with Gasteiger partial charge in [0.05, 0.1) is 17.1 Å². The molecule has 0 bridgehead atoms. The first-order valence-electron chi connectivity index (χ1n) is 9.50. The molecule has 0 atom stereocenters. The molecule has 2 aromatic carbocycles. The molecule has 30 heavy (non-hydrogen) atoms. The van der Waals surface area contributed by atoms with Crippen molar-refractivity contribution in [1.82, 2.24) is 9.97 Å². The Kier molecular flexibility index (Phi) is 5.83. The third-order valence-electron chi connectivity index (χ3n) is 4.50. The van der Waals surface area contributed by atoms with Gasteiger partial charge in [0.2, 0.25) is 0 Å². The molecule has 0 aliphatic carbocycles. The predicted molar refractivity (Wildman–Crippen MR) is 126 cm³/mol. The first kappa shape index (κ1) is 20.5. The highest BCUT2D eigenvalue weighted by molar-refractivity contribution is 9.10. The monoisotopic (exact) mass is 481 g/mol. The summed E-state index contributed by atoms with van der Waals surface area (Å²) >= 11 is 5.14. The predicted octanol–water partition coefficient (Wildman–Crippen LogP) is 6.74. The van der Waals surface area contributed by atoms with E-state index in [1.54, 1.807) is 29.8 Å². The summed E-state index contributed by atoms with van der Waals surface area (Å²) < 4.78 is 6.34. The molecule has 5 nitrogen and oxygen atoms in total. The molecule has 0 unspecified atom stereocenters. The number of rotatable bonds is 5. The number of carbonyl (C=O) groups excluding carboxylic acids is 1. The second kappa shape index (κ2) is 8.53. The lowest BCUT2D eigenvalue weighted by molar-refractivity contribution is 0.0378. The molecule has 0 fully saturated rings. The van der Waals surface area contributed by atoms with Gasteiger partial charge in [-0.3, -0.25) is 0 Å². The number of nitrogens with one attached hydrogen (secondary N) is 1. The molecule has 7 heteroatoms. The molecule has 0 amide bonds. The number of fused-ring (bicyclic) bond motifs is 1. The normalized spacial score (nSPS) is 11.1. The summed E-state index contributed by atoms with van der Waals surface area (Å²) in [5, 5.41) is 4.34. The molecule has 0 saturated heterocycles. The molecule has 152 valence electrons. The lowest BCUT2D eigenvalue weighted by Gasteiger charge is -2.11. The number of aryl methyl sites for hydroxylation is 1. The number of hydrogen-bond donors (Lipinski definition) is 1. The molecule has 2 aromatic heterocycles. The number of nitrogens with zero attached hydrogens (tertiary/aromatic N) is 2. The highest BCUT2D eigenvalue weighted by Gasteiger charge is 2.17. The Labute approximate surface area is 187 Å². The fraction of sp³-hybridized carbons (Fsp3) is 0.174. The Morgan fingerprint density at radius 3 is 2.63 bits per heavy atom. The number of benzene rings is 2. The molecule has 0 saturated carbocycles. The molecule has 1 N–H and O–H groups in total. The highest BCUT2D eigenvalue weighted by atomic mass is 79.9. The number of esters is 1. The SMILES string of the molecule is Cc1sc2ncnc(Nc3cccc(C(=O)OC(C)C)c3)c2c1-c1ccc(Br)cc1. The van der Waals surface area contributed by atoms with Gasteiger partial charge in [-0.25, -0.2) is 14.8 Å². The van der Waals surface area contributed by atoms with E-state index in [1.165, 1.54) is 4.88 Å². The molecule has 4 rings (SSSR count). The standard InChI is InChI=1S/C23H20BrN3O2S/c1-13(2)29-23(28)16-5-4-6-18(11-16)27-21-20-19(15-7-9-17(24)10-8-15)14(3)30-22(20)26-12-25-21/h4-13H,1-3H3,(H,25,26,27). The van der Waals surface area contributed by atoms with Crippen molar-refractivity contribution in [3.05, 3.63) is 69.8 Å². The number of aromatic nitrogens is 2. The van der Waals surface area contributed by atoms with E-state index < -0.39 is 0 Å². The van der Waals surface area contributed by atoms with E-state index in [2.05, 4.69) is 50.3 Å². The van der Waals surface area contributed by atoms with Crippen molar-refractivity contribution >= 4 is 55.0 Å². The fourth-order valence-corrected chi connectivity index (χ4v) is 4.52. The third-order valence-corrected chi connectivity index (χ3v) is 6.04. The average molecular weight is 482 g/mol. The maximum atomic E-state index is 12.3. The van der Waals surface area contributed by atoms with E-state index in [9.17, 15) is 4.79 Å². The van der Waals surface area contributed by atoms with Crippen LogP contribution in [0.2, 0.25) is 0 Å². The fourth-order valence-electron chi connectivity index (χ4n) is 3.25. The number of thiophene rings is 1. The molecule has 0 radical (unpaired) electrons. The van der Waals surface area contributed by atoms with Gasteiger partial charge in [0.15, 0.2) is 0 Å². The van der Waals surface area contributed by atoms with Gasteiger partial charge >= 0.3 is 5.97 Å². The van der Waals surface area contributed by atoms with Crippen LogP contribution in [0, 0.1) is 6.92 Å². The van der Waals surface area contributed by atoms with Crippen molar-refractivity contribution < 1.29 is 9.53 Å². The molecular formula is C23H20BrN3O2S. The number of hydrogen-bond acceptors (Lipinski definition) is 6. The smallest absolute Gasteiger partial charge is 0.338 e. The summed E-state index contributed by atoms with van der Waals surface area (Å²) in [4.78, 5) is 23.3. The van der Waals surface area contributed by atoms with Crippen LogP contribution in [-0.4, -0.2) is 22.0 Å². The summed E-state index contributed by atoms with van der Waals surface area (Å²) in [5.41, 5.74) is 3.47. The Bertz CT molecular complexity index is 1220. The van der Waals surface area contributed by atoms with Crippen LogP contribution in [0.5, 0.6) is 0 Å². The minimum Gasteiger partial charge on any atom is -0.459 e. The summed E-state index contributed by atoms with van der Waals surface area (Å²) in [7, 11) is 0. The lowest BCUT2D eigenvalue weighted by atomic mass is 10.0. The van der Waals surface area contributed by atoms with E-state index in [0.29, 0.717) is 11.4 Å². The van der Waals surface area contributed by atoms with Gasteiger partial charge in [0.25, 0.3) is 0 Å². The highest BCUT2D eigenvalue weighted by Crippen LogP contribution is 2.41. The summed E-state index contributed by atoms with van der Waals surface area (Å²) in [5.74, 6) is 0.361. The van der Waals surface area contributed by atoms with Crippen LogP contribution < -0.4 is 5.32 Å². The van der Waals surface area contributed by atoms with E-state index in [0.717, 1.165) is 31.5 Å². The zero-order chi connectivity index (χ0) is 21.3. The third kappa shape index (κ3) is 4.22. The van der Waals surface area contributed by atoms with Gasteiger partial charge in [-0.2, -0.15) is 0 Å². The van der Waals surface area contributed by atoms with Crippen LogP contribution in [-0.2, 0) is 4.74 Å². The number of ether oxygens (including phenoxy) is 1.